The van der Waals surface area contributed by atoms with Crippen LogP contribution >= 0.6 is 22.6 Å². The predicted molar refractivity (Wildman–Crippen MR) is 99.6 cm³/mol. The van der Waals surface area contributed by atoms with Gasteiger partial charge in [0.1, 0.15) is 0 Å². The van der Waals surface area contributed by atoms with Crippen molar-refractivity contribution in [2.45, 2.75) is 71.1 Å². The largest absolute Gasteiger partial charge is 0.325 e. The molecule has 0 unspecified atom stereocenters. The molecule has 1 aromatic carbocycles. The third kappa shape index (κ3) is 9.12. The SMILES string of the molecule is CCCCCCCCCCCC(=O)Nc1ccccc1I. The van der Waals surface area contributed by atoms with Gasteiger partial charge in [0.2, 0.25) is 5.91 Å². The molecule has 0 heterocycles. The van der Waals surface area contributed by atoms with Crippen LogP contribution in [0, 0.1) is 3.57 Å². The van der Waals surface area contributed by atoms with Crippen LogP contribution in [0.4, 0.5) is 5.69 Å². The Bertz CT molecular complexity index is 406. The fourth-order valence-corrected chi connectivity index (χ4v) is 2.89. The van der Waals surface area contributed by atoms with Crippen LogP contribution in [-0.4, -0.2) is 5.91 Å². The molecule has 0 saturated carbocycles. The first-order chi connectivity index (χ1) is 10.2. The van der Waals surface area contributed by atoms with Gasteiger partial charge in [-0.25, -0.2) is 0 Å². The number of benzene rings is 1. The van der Waals surface area contributed by atoms with Gasteiger partial charge in [-0.3, -0.25) is 4.79 Å². The Balaban J connectivity index is 2.00. The lowest BCUT2D eigenvalue weighted by molar-refractivity contribution is -0.116. The van der Waals surface area contributed by atoms with Crippen LogP contribution in [0.25, 0.3) is 0 Å². The monoisotopic (exact) mass is 401 g/mol. The number of hydrogen-bond donors (Lipinski definition) is 1. The van der Waals surface area contributed by atoms with E-state index < -0.39 is 0 Å². The summed E-state index contributed by atoms with van der Waals surface area (Å²) < 4.78 is 1.09. The molecule has 1 aromatic rings. The van der Waals surface area contributed by atoms with Gasteiger partial charge < -0.3 is 5.32 Å². The first-order valence-corrected chi connectivity index (χ1v) is 9.36. The second kappa shape index (κ2) is 12.0. The van der Waals surface area contributed by atoms with Gasteiger partial charge in [0.25, 0.3) is 0 Å². The molecule has 0 aliphatic heterocycles. The molecule has 1 N–H and O–H groups in total. The second-order valence-corrected chi connectivity index (χ2v) is 6.77. The van der Waals surface area contributed by atoms with Crippen molar-refractivity contribution < 1.29 is 4.79 Å². The molecule has 21 heavy (non-hydrogen) atoms. The van der Waals surface area contributed by atoms with Crippen molar-refractivity contribution in [1.29, 1.82) is 0 Å². The lowest BCUT2D eigenvalue weighted by Crippen LogP contribution is -2.11. The summed E-state index contributed by atoms with van der Waals surface area (Å²) in [7, 11) is 0. The molecular weight excluding hydrogens is 373 g/mol. The maximum absolute atomic E-state index is 11.9. The van der Waals surface area contributed by atoms with Gasteiger partial charge in [-0.15, -0.1) is 0 Å². The minimum absolute atomic E-state index is 0.141. The molecule has 0 aromatic heterocycles. The van der Waals surface area contributed by atoms with Gasteiger partial charge in [0.05, 0.1) is 5.69 Å². The highest BCUT2D eigenvalue weighted by atomic mass is 127. The third-order valence-corrected chi connectivity index (χ3v) is 4.60. The number of nitrogens with one attached hydrogen (secondary N) is 1. The minimum Gasteiger partial charge on any atom is -0.325 e. The molecule has 2 nitrogen and oxygen atoms in total. The second-order valence-electron chi connectivity index (χ2n) is 5.61. The van der Waals surface area contributed by atoms with Crippen molar-refractivity contribution in [3.05, 3.63) is 27.8 Å². The van der Waals surface area contributed by atoms with Gasteiger partial charge in [-0.2, -0.15) is 0 Å². The van der Waals surface area contributed by atoms with Crippen molar-refractivity contribution >= 4 is 34.2 Å². The number of carbonyl (C=O) groups excluding carboxylic acids is 1. The highest BCUT2D eigenvalue weighted by Gasteiger charge is 2.04. The highest BCUT2D eigenvalue weighted by molar-refractivity contribution is 14.1. The van der Waals surface area contributed by atoms with E-state index in [1.165, 1.54) is 51.4 Å². The molecule has 0 spiro atoms. The average Bonchev–Trinajstić information content (AvgIpc) is 2.48. The van der Waals surface area contributed by atoms with E-state index in [0.717, 1.165) is 15.7 Å². The van der Waals surface area contributed by atoms with Crippen LogP contribution in [0.3, 0.4) is 0 Å². The lowest BCUT2D eigenvalue weighted by atomic mass is 10.1. The number of amides is 1. The number of halogens is 1. The first-order valence-electron chi connectivity index (χ1n) is 8.28. The van der Waals surface area contributed by atoms with E-state index in [1.54, 1.807) is 0 Å². The molecule has 118 valence electrons. The molecule has 0 atom stereocenters. The Hall–Kier alpha value is -0.580. The van der Waals surface area contributed by atoms with E-state index in [0.29, 0.717) is 6.42 Å². The first kappa shape index (κ1) is 18.5. The Kier molecular flexibility index (Phi) is 10.6. The Morgan fingerprint density at radius 2 is 1.52 bits per heavy atom. The van der Waals surface area contributed by atoms with Gasteiger partial charge in [-0.05, 0) is 41.1 Å². The van der Waals surface area contributed by atoms with Crippen molar-refractivity contribution in [3.8, 4) is 0 Å². The molecule has 0 saturated heterocycles. The molecule has 0 bridgehead atoms. The summed E-state index contributed by atoms with van der Waals surface area (Å²) in [6.07, 6.45) is 12.2. The normalized spacial score (nSPS) is 10.6. The average molecular weight is 401 g/mol. The number of unbranched alkanes of at least 4 members (excludes halogenated alkanes) is 8. The maximum Gasteiger partial charge on any atom is 0.224 e. The standard InChI is InChI=1S/C18H28INO/c1-2-3-4-5-6-7-8-9-10-15-18(21)20-17-14-12-11-13-16(17)19/h11-14H,2-10,15H2,1H3,(H,20,21). The van der Waals surface area contributed by atoms with Gasteiger partial charge in [-0.1, -0.05) is 70.4 Å². The van der Waals surface area contributed by atoms with Gasteiger partial charge in [0, 0.05) is 9.99 Å². The molecule has 0 fully saturated rings. The fraction of sp³-hybridized carbons (Fsp3) is 0.611. The Morgan fingerprint density at radius 3 is 2.14 bits per heavy atom. The smallest absolute Gasteiger partial charge is 0.224 e. The predicted octanol–water partition coefficient (Wildman–Crippen LogP) is 6.15. The summed E-state index contributed by atoms with van der Waals surface area (Å²) in [4.78, 5) is 11.9. The Morgan fingerprint density at radius 1 is 0.952 bits per heavy atom. The summed E-state index contributed by atoms with van der Waals surface area (Å²) in [5, 5.41) is 2.99. The van der Waals surface area contributed by atoms with Crippen LogP contribution in [0.15, 0.2) is 24.3 Å². The lowest BCUT2D eigenvalue weighted by Gasteiger charge is -2.07. The molecular formula is C18H28INO. The molecule has 0 aliphatic carbocycles. The van der Waals surface area contributed by atoms with E-state index in [2.05, 4.69) is 34.8 Å². The van der Waals surface area contributed by atoms with E-state index in [4.69, 9.17) is 0 Å². The number of rotatable bonds is 11. The summed E-state index contributed by atoms with van der Waals surface area (Å²) in [5.74, 6) is 0.141. The van der Waals surface area contributed by atoms with Crippen LogP contribution in [0.1, 0.15) is 71.1 Å². The maximum atomic E-state index is 11.9. The van der Waals surface area contributed by atoms with Crippen molar-refractivity contribution in [2.75, 3.05) is 5.32 Å². The van der Waals surface area contributed by atoms with Crippen LogP contribution in [0.2, 0.25) is 0 Å². The molecule has 1 amide bonds. The number of hydrogen-bond acceptors (Lipinski definition) is 1. The van der Waals surface area contributed by atoms with E-state index in [-0.39, 0.29) is 5.91 Å². The van der Waals surface area contributed by atoms with Crippen LogP contribution in [0.5, 0.6) is 0 Å². The van der Waals surface area contributed by atoms with Crippen molar-refractivity contribution in [3.63, 3.8) is 0 Å². The zero-order chi connectivity index (χ0) is 15.3. The topological polar surface area (TPSA) is 29.1 Å². The zero-order valence-corrected chi connectivity index (χ0v) is 15.3. The number of anilines is 1. The molecule has 1 rings (SSSR count). The minimum atomic E-state index is 0.141. The molecule has 3 heteroatoms. The summed E-state index contributed by atoms with van der Waals surface area (Å²) >= 11 is 2.25. The van der Waals surface area contributed by atoms with E-state index >= 15 is 0 Å². The summed E-state index contributed by atoms with van der Waals surface area (Å²) in [6.45, 7) is 2.25. The Labute approximate surface area is 143 Å². The number of para-hydroxylation sites is 1. The summed E-state index contributed by atoms with van der Waals surface area (Å²) in [6, 6.07) is 7.90. The van der Waals surface area contributed by atoms with Crippen LogP contribution in [-0.2, 0) is 4.79 Å². The van der Waals surface area contributed by atoms with Gasteiger partial charge >= 0.3 is 0 Å². The van der Waals surface area contributed by atoms with E-state index in [1.807, 2.05) is 24.3 Å². The quantitative estimate of drug-likeness (QED) is 0.350. The van der Waals surface area contributed by atoms with Gasteiger partial charge in [0.15, 0.2) is 0 Å². The van der Waals surface area contributed by atoms with Crippen molar-refractivity contribution in [2.24, 2.45) is 0 Å². The summed E-state index contributed by atoms with van der Waals surface area (Å²) in [5.41, 5.74) is 0.930. The van der Waals surface area contributed by atoms with E-state index in [9.17, 15) is 4.79 Å². The fourth-order valence-electron chi connectivity index (χ4n) is 2.37. The zero-order valence-electron chi connectivity index (χ0n) is 13.2. The van der Waals surface area contributed by atoms with Crippen molar-refractivity contribution in [1.82, 2.24) is 0 Å². The molecule has 0 radical (unpaired) electrons. The highest BCUT2D eigenvalue weighted by Crippen LogP contribution is 2.17. The number of carbonyl (C=O) groups is 1. The molecule has 0 aliphatic rings. The van der Waals surface area contributed by atoms with Crippen LogP contribution < -0.4 is 5.32 Å². The third-order valence-electron chi connectivity index (χ3n) is 3.66.